The Labute approximate surface area is 172 Å². The van der Waals surface area contributed by atoms with E-state index in [1.165, 1.54) is 7.11 Å². The van der Waals surface area contributed by atoms with Gasteiger partial charge in [0.15, 0.2) is 0 Å². The molecule has 3 rings (SSSR count). The molecule has 0 saturated heterocycles. The van der Waals surface area contributed by atoms with Crippen LogP contribution in [0.1, 0.15) is 42.1 Å². The highest BCUT2D eigenvalue weighted by atomic mass is 127. The molecule has 0 aromatic heterocycles. The van der Waals surface area contributed by atoms with Gasteiger partial charge in [-0.2, -0.15) is 0 Å². The van der Waals surface area contributed by atoms with Crippen molar-refractivity contribution in [2.45, 2.75) is 42.2 Å². The number of amidine groups is 1. The summed E-state index contributed by atoms with van der Waals surface area (Å²) in [5.74, 6) is 0.539. The van der Waals surface area contributed by atoms with Crippen molar-refractivity contribution in [1.82, 2.24) is 5.32 Å². The van der Waals surface area contributed by atoms with Gasteiger partial charge in [0, 0.05) is 12.8 Å². The molecule has 2 atom stereocenters. The summed E-state index contributed by atoms with van der Waals surface area (Å²) in [5, 5.41) is 5.17. The maximum Gasteiger partial charge on any atom is 0.338 e. The topological polar surface area (TPSA) is 67.8 Å². The van der Waals surface area contributed by atoms with Gasteiger partial charge in [-0.1, -0.05) is 66.3 Å². The molecule has 0 bridgehead atoms. The first-order valence-electron chi connectivity index (χ1n) is 9.09. The van der Waals surface area contributed by atoms with Crippen molar-refractivity contribution in [3.05, 3.63) is 47.5 Å². The number of hydrogen-bond donors (Lipinski definition) is 1. The fourth-order valence-corrected chi connectivity index (χ4v) is 4.32. The van der Waals surface area contributed by atoms with Crippen LogP contribution in [0.4, 0.5) is 0 Å². The smallest absolute Gasteiger partial charge is 0.338 e. The number of unbranched alkanes of at least 4 members (excludes halogenated alkanes) is 1. The van der Waals surface area contributed by atoms with Gasteiger partial charge in [0.25, 0.3) is 0 Å². The number of hydrogen-bond acceptors (Lipinski definition) is 5. The Morgan fingerprint density at radius 2 is 2.04 bits per heavy atom. The van der Waals surface area contributed by atoms with Crippen LogP contribution in [0.2, 0.25) is 0 Å². The number of rotatable bonds is 7. The van der Waals surface area contributed by atoms with Crippen LogP contribution in [0.3, 0.4) is 0 Å². The summed E-state index contributed by atoms with van der Waals surface area (Å²) in [7, 11) is 1.38. The minimum atomic E-state index is -0.765. The molecule has 5 nitrogen and oxygen atoms in total. The molecular formula is C21H23IN2O3. The first-order valence-corrected chi connectivity index (χ1v) is 10.3. The average Bonchev–Trinajstić information content (AvgIpc) is 3.01. The summed E-state index contributed by atoms with van der Waals surface area (Å²) in [5.41, 5.74) is 0.771. The second-order valence-electron chi connectivity index (χ2n) is 6.78. The lowest BCUT2D eigenvalue weighted by molar-refractivity contribution is -0.112. The van der Waals surface area contributed by atoms with Crippen molar-refractivity contribution in [3.63, 3.8) is 0 Å². The zero-order valence-corrected chi connectivity index (χ0v) is 17.7. The lowest BCUT2D eigenvalue weighted by Gasteiger charge is -2.27. The van der Waals surface area contributed by atoms with Crippen LogP contribution in [0.25, 0.3) is 10.8 Å². The van der Waals surface area contributed by atoms with Gasteiger partial charge in [-0.25, -0.2) is 4.79 Å². The zero-order chi connectivity index (χ0) is 19.4. The van der Waals surface area contributed by atoms with E-state index in [0.717, 1.165) is 47.7 Å². The second kappa shape index (κ2) is 8.37. The van der Waals surface area contributed by atoms with E-state index in [1.54, 1.807) is 6.07 Å². The van der Waals surface area contributed by atoms with E-state index >= 15 is 0 Å². The number of esters is 1. The Hall–Kier alpha value is -1.96. The maximum absolute atomic E-state index is 12.1. The number of nitrogens with zero attached hydrogens (tertiary/aromatic N) is 1. The summed E-state index contributed by atoms with van der Waals surface area (Å²) in [4.78, 5) is 28.9. The molecule has 0 saturated carbocycles. The Kier molecular flexibility index (Phi) is 6.14. The average molecular weight is 478 g/mol. The molecule has 2 aromatic rings. The van der Waals surface area contributed by atoms with Crippen molar-refractivity contribution in [1.29, 1.82) is 0 Å². The maximum atomic E-state index is 12.1. The van der Waals surface area contributed by atoms with E-state index in [2.05, 4.69) is 39.8 Å². The Morgan fingerprint density at radius 3 is 2.70 bits per heavy atom. The fourth-order valence-electron chi connectivity index (χ4n) is 3.46. The van der Waals surface area contributed by atoms with Gasteiger partial charge < -0.3 is 14.8 Å². The van der Waals surface area contributed by atoms with E-state index in [9.17, 15) is 9.59 Å². The molecule has 0 radical (unpaired) electrons. The van der Waals surface area contributed by atoms with Crippen LogP contribution in [-0.4, -0.2) is 34.8 Å². The number of alkyl halides is 1. The molecule has 1 N–H and O–H groups in total. The van der Waals surface area contributed by atoms with Crippen molar-refractivity contribution in [2.24, 2.45) is 4.99 Å². The molecule has 1 aliphatic heterocycles. The number of halogens is 1. The molecule has 1 aliphatic rings. The number of carbonyl (C=O) groups excluding carboxylic acids is 2. The molecule has 0 amide bonds. The molecule has 142 valence electrons. The molecule has 0 spiro atoms. The van der Waals surface area contributed by atoms with Gasteiger partial charge in [-0.3, -0.25) is 4.99 Å². The monoisotopic (exact) mass is 478 g/mol. The second-order valence-corrected chi connectivity index (χ2v) is 7.96. The van der Waals surface area contributed by atoms with Crippen molar-refractivity contribution in [2.75, 3.05) is 7.11 Å². The third-order valence-electron chi connectivity index (χ3n) is 4.95. The minimum Gasteiger partial charge on any atom is -0.465 e. The standard InChI is InChI=1S/C21H23IN2O3/c1-3-4-9-18-23-20(22)21(13-25,24-18)12-14-10-11-17(19(26)27-2)16-8-6-5-7-15(14)16/h5-8,10-11,13,20H,3-4,9,12H2,1-2H3,(H,23,24). The van der Waals surface area contributed by atoms with Crippen LogP contribution < -0.4 is 5.32 Å². The van der Waals surface area contributed by atoms with Crippen LogP contribution in [0.5, 0.6) is 0 Å². The number of carbonyl (C=O) groups is 2. The van der Waals surface area contributed by atoms with Crippen LogP contribution in [0.15, 0.2) is 41.4 Å². The third kappa shape index (κ3) is 3.85. The number of nitrogens with one attached hydrogen (secondary N) is 1. The van der Waals surface area contributed by atoms with Crippen LogP contribution in [-0.2, 0) is 16.0 Å². The van der Waals surface area contributed by atoms with Gasteiger partial charge in [0.05, 0.1) is 18.5 Å². The predicted octanol–water partition coefficient (Wildman–Crippen LogP) is 4.06. The number of methoxy groups -OCH3 is 1. The Bertz CT molecular complexity index is 896. The van der Waals surface area contributed by atoms with Crippen molar-refractivity contribution in [3.8, 4) is 0 Å². The molecule has 2 aromatic carbocycles. The van der Waals surface area contributed by atoms with E-state index in [-0.39, 0.29) is 10.0 Å². The Morgan fingerprint density at radius 1 is 1.30 bits per heavy atom. The highest BCUT2D eigenvalue weighted by Gasteiger charge is 2.43. The first-order chi connectivity index (χ1) is 13.0. The normalized spacial score (nSPS) is 21.6. The van der Waals surface area contributed by atoms with Gasteiger partial charge in [0.2, 0.25) is 0 Å². The molecule has 27 heavy (non-hydrogen) atoms. The summed E-state index contributed by atoms with van der Waals surface area (Å²) in [6.07, 6.45) is 4.47. The number of benzene rings is 2. The van der Waals surface area contributed by atoms with E-state index in [0.29, 0.717) is 12.0 Å². The van der Waals surface area contributed by atoms with E-state index in [4.69, 9.17) is 4.74 Å². The van der Waals surface area contributed by atoms with E-state index in [1.807, 2.05) is 30.3 Å². The summed E-state index contributed by atoms with van der Waals surface area (Å²) >= 11 is 2.23. The fraction of sp³-hybridized carbons (Fsp3) is 0.381. The lowest BCUT2D eigenvalue weighted by atomic mass is 9.88. The molecule has 0 fully saturated rings. The molecule has 0 aliphatic carbocycles. The van der Waals surface area contributed by atoms with Gasteiger partial charge in [-0.15, -0.1) is 0 Å². The Balaban J connectivity index is 1.97. The minimum absolute atomic E-state index is 0.168. The molecule has 6 heteroatoms. The highest BCUT2D eigenvalue weighted by molar-refractivity contribution is 14.1. The molecule has 1 heterocycles. The predicted molar refractivity (Wildman–Crippen MR) is 116 cm³/mol. The van der Waals surface area contributed by atoms with Crippen LogP contribution in [0, 0.1) is 0 Å². The zero-order valence-electron chi connectivity index (χ0n) is 15.5. The largest absolute Gasteiger partial charge is 0.465 e. The van der Waals surface area contributed by atoms with Crippen molar-refractivity contribution < 1.29 is 14.3 Å². The summed E-state index contributed by atoms with van der Waals surface area (Å²) in [6.45, 7) is 2.14. The van der Waals surface area contributed by atoms with Gasteiger partial charge >= 0.3 is 5.97 Å². The van der Waals surface area contributed by atoms with E-state index < -0.39 is 5.54 Å². The van der Waals surface area contributed by atoms with Crippen LogP contribution >= 0.6 is 22.6 Å². The first kappa shape index (κ1) is 19.8. The number of fused-ring (bicyclic) bond motifs is 1. The van der Waals surface area contributed by atoms with Gasteiger partial charge in [-0.05, 0) is 28.8 Å². The number of aliphatic imine (C=N–C) groups is 1. The van der Waals surface area contributed by atoms with Crippen molar-refractivity contribution >= 4 is 51.5 Å². The number of aldehydes is 1. The van der Waals surface area contributed by atoms with Gasteiger partial charge in [0.1, 0.15) is 15.9 Å². The summed E-state index contributed by atoms with van der Waals surface area (Å²) in [6, 6.07) is 11.4. The quantitative estimate of drug-likeness (QED) is 0.214. The number of ether oxygens (including phenoxy) is 1. The highest BCUT2D eigenvalue weighted by Crippen LogP contribution is 2.32. The SMILES string of the molecule is CCCCC1=NC(I)C(C=O)(Cc2ccc(C(=O)OC)c3ccccc23)N1. The third-order valence-corrected chi connectivity index (χ3v) is 6.34. The lowest BCUT2D eigenvalue weighted by Crippen LogP contribution is -2.52. The molecular weight excluding hydrogens is 455 g/mol. The molecule has 2 unspecified atom stereocenters. The summed E-state index contributed by atoms with van der Waals surface area (Å²) < 4.78 is 4.73.